The maximum Gasteiger partial charge on any atom is 0.225 e. The molecule has 0 saturated heterocycles. The van der Waals surface area contributed by atoms with E-state index in [1.165, 1.54) is 5.56 Å². The maximum atomic E-state index is 11.3. The molecule has 2 N–H and O–H groups in total. The molecule has 0 aliphatic rings. The number of nitrogens with one attached hydrogen (secondary N) is 2. The number of hydrogen-bond donors (Lipinski definition) is 2. The van der Waals surface area contributed by atoms with Gasteiger partial charge in [0.25, 0.3) is 0 Å². The van der Waals surface area contributed by atoms with Gasteiger partial charge in [0, 0.05) is 12.1 Å². The molecule has 1 amide bonds. The van der Waals surface area contributed by atoms with E-state index in [1.54, 1.807) is 12.3 Å². The van der Waals surface area contributed by atoms with Crippen molar-refractivity contribution in [1.82, 2.24) is 4.98 Å². The minimum atomic E-state index is -0.0358. The lowest BCUT2D eigenvalue weighted by atomic mass is 9.86. The van der Waals surface area contributed by atoms with Gasteiger partial charge in [-0.05, 0) is 29.2 Å². The van der Waals surface area contributed by atoms with E-state index >= 15 is 0 Å². The monoisotopic (exact) mass is 297 g/mol. The molecule has 0 bridgehead atoms. The van der Waals surface area contributed by atoms with Gasteiger partial charge < -0.3 is 10.6 Å². The molecular formula is C18H23N3O. The van der Waals surface area contributed by atoms with Crippen LogP contribution < -0.4 is 10.6 Å². The van der Waals surface area contributed by atoms with E-state index < -0.39 is 0 Å². The fourth-order valence-electron chi connectivity index (χ4n) is 2.17. The molecule has 0 radical (unpaired) electrons. The third kappa shape index (κ3) is 4.07. The van der Waals surface area contributed by atoms with Gasteiger partial charge in [0.05, 0.1) is 11.9 Å². The van der Waals surface area contributed by atoms with Crippen LogP contribution in [0.5, 0.6) is 0 Å². The number of amides is 1. The Bertz CT molecular complexity index is 642. The topological polar surface area (TPSA) is 54.0 Å². The maximum absolute atomic E-state index is 11.3. The van der Waals surface area contributed by atoms with Crippen LogP contribution >= 0.6 is 0 Å². The summed E-state index contributed by atoms with van der Waals surface area (Å²) in [6.45, 7) is 8.38. The van der Waals surface area contributed by atoms with Crippen molar-refractivity contribution in [1.29, 1.82) is 0 Å². The van der Waals surface area contributed by atoms with Gasteiger partial charge in [0.15, 0.2) is 0 Å². The van der Waals surface area contributed by atoms with Crippen LogP contribution in [-0.4, -0.2) is 10.9 Å². The normalized spacial score (nSPS) is 11.1. The van der Waals surface area contributed by atoms with Gasteiger partial charge in [0.2, 0.25) is 5.91 Å². The second-order valence-electron chi connectivity index (χ2n) is 6.25. The zero-order valence-corrected chi connectivity index (χ0v) is 13.6. The first kappa shape index (κ1) is 16.0. The molecule has 0 aliphatic heterocycles. The minimum Gasteiger partial charge on any atom is -0.354 e. The number of carbonyl (C=O) groups excluding carboxylic acids is 1. The van der Waals surface area contributed by atoms with Crippen molar-refractivity contribution in [2.45, 2.75) is 39.5 Å². The molecule has 1 heterocycles. The second-order valence-corrected chi connectivity index (χ2v) is 6.25. The molecule has 4 heteroatoms. The highest BCUT2D eigenvalue weighted by atomic mass is 16.1. The van der Waals surface area contributed by atoms with Crippen molar-refractivity contribution < 1.29 is 4.79 Å². The fourth-order valence-corrected chi connectivity index (χ4v) is 2.17. The average molecular weight is 297 g/mol. The largest absolute Gasteiger partial charge is 0.354 e. The molecule has 0 atom stereocenters. The summed E-state index contributed by atoms with van der Waals surface area (Å²) in [7, 11) is 0. The van der Waals surface area contributed by atoms with Gasteiger partial charge >= 0.3 is 0 Å². The zero-order valence-electron chi connectivity index (χ0n) is 13.6. The number of nitrogens with zero attached hydrogens (tertiary/aromatic N) is 1. The van der Waals surface area contributed by atoms with E-state index in [-0.39, 0.29) is 11.3 Å². The quantitative estimate of drug-likeness (QED) is 0.875. The number of aromatic nitrogens is 1. The fraction of sp³-hybridized carbons (Fsp3) is 0.333. The smallest absolute Gasteiger partial charge is 0.225 e. The number of anilines is 3. The molecule has 0 saturated carbocycles. The first-order valence-electron chi connectivity index (χ1n) is 7.52. The van der Waals surface area contributed by atoms with Gasteiger partial charge in [-0.15, -0.1) is 0 Å². The van der Waals surface area contributed by atoms with Crippen LogP contribution in [0.25, 0.3) is 0 Å². The van der Waals surface area contributed by atoms with Crippen LogP contribution in [0.1, 0.15) is 39.7 Å². The lowest BCUT2D eigenvalue weighted by Crippen LogP contribution is -2.13. The van der Waals surface area contributed by atoms with Crippen molar-refractivity contribution in [3.63, 3.8) is 0 Å². The molecule has 0 spiro atoms. The van der Waals surface area contributed by atoms with Crippen LogP contribution in [0, 0.1) is 0 Å². The summed E-state index contributed by atoms with van der Waals surface area (Å²) in [4.78, 5) is 15.6. The van der Waals surface area contributed by atoms with E-state index in [9.17, 15) is 4.79 Å². The SMILES string of the molecule is CCC(=O)Nc1ccc(Nc2ccccc2C(C)(C)C)cn1. The number of pyridine rings is 1. The van der Waals surface area contributed by atoms with Crippen molar-refractivity contribution in [2.24, 2.45) is 0 Å². The molecule has 1 aromatic heterocycles. The Kier molecular flexibility index (Phi) is 4.81. The molecule has 116 valence electrons. The molecule has 22 heavy (non-hydrogen) atoms. The highest BCUT2D eigenvalue weighted by Crippen LogP contribution is 2.31. The Hall–Kier alpha value is -2.36. The van der Waals surface area contributed by atoms with E-state index in [4.69, 9.17) is 0 Å². The van der Waals surface area contributed by atoms with Crippen LogP contribution in [0.2, 0.25) is 0 Å². The molecule has 4 nitrogen and oxygen atoms in total. The highest BCUT2D eigenvalue weighted by Gasteiger charge is 2.17. The molecule has 1 aromatic carbocycles. The summed E-state index contributed by atoms with van der Waals surface area (Å²) in [5.41, 5.74) is 3.28. The van der Waals surface area contributed by atoms with Crippen molar-refractivity contribution in [3.05, 3.63) is 48.2 Å². The van der Waals surface area contributed by atoms with Crippen LogP contribution in [-0.2, 0) is 10.2 Å². The lowest BCUT2D eigenvalue weighted by molar-refractivity contribution is -0.115. The molecule has 0 unspecified atom stereocenters. The van der Waals surface area contributed by atoms with Crippen LogP contribution in [0.3, 0.4) is 0 Å². The van der Waals surface area contributed by atoms with Gasteiger partial charge in [-0.1, -0.05) is 45.9 Å². The minimum absolute atomic E-state index is 0.0358. The summed E-state index contributed by atoms with van der Waals surface area (Å²) >= 11 is 0. The Morgan fingerprint density at radius 2 is 1.86 bits per heavy atom. The van der Waals surface area contributed by atoms with E-state index in [1.807, 2.05) is 25.1 Å². The average Bonchev–Trinajstić information content (AvgIpc) is 2.48. The number of hydrogen-bond acceptors (Lipinski definition) is 3. The summed E-state index contributed by atoms with van der Waals surface area (Å²) < 4.78 is 0. The van der Waals surface area contributed by atoms with E-state index in [0.717, 1.165) is 11.4 Å². The zero-order chi connectivity index (χ0) is 16.2. The van der Waals surface area contributed by atoms with Crippen molar-refractivity contribution in [3.8, 4) is 0 Å². The van der Waals surface area contributed by atoms with Gasteiger partial charge in [-0.3, -0.25) is 4.79 Å². The standard InChI is InChI=1S/C18H23N3O/c1-5-17(22)21-16-11-10-13(12-19-16)20-15-9-7-6-8-14(15)18(2,3)4/h6-12,20H,5H2,1-4H3,(H,19,21,22). The molecule has 0 aliphatic carbocycles. The van der Waals surface area contributed by atoms with Gasteiger partial charge in [0.1, 0.15) is 5.82 Å². The summed E-state index contributed by atoms with van der Waals surface area (Å²) in [6, 6.07) is 12.0. The summed E-state index contributed by atoms with van der Waals surface area (Å²) in [5, 5.41) is 6.14. The third-order valence-electron chi connectivity index (χ3n) is 3.37. The number of para-hydroxylation sites is 1. The predicted molar refractivity (Wildman–Crippen MR) is 91.6 cm³/mol. The molecule has 0 fully saturated rings. The van der Waals surface area contributed by atoms with Gasteiger partial charge in [-0.2, -0.15) is 0 Å². The van der Waals surface area contributed by atoms with E-state index in [0.29, 0.717) is 12.2 Å². The van der Waals surface area contributed by atoms with Crippen molar-refractivity contribution >= 4 is 23.1 Å². The Labute approximate surface area is 132 Å². The van der Waals surface area contributed by atoms with Crippen LogP contribution in [0.15, 0.2) is 42.6 Å². The van der Waals surface area contributed by atoms with Gasteiger partial charge in [-0.25, -0.2) is 4.98 Å². The highest BCUT2D eigenvalue weighted by molar-refractivity contribution is 5.89. The van der Waals surface area contributed by atoms with Crippen LogP contribution in [0.4, 0.5) is 17.2 Å². The number of benzene rings is 1. The lowest BCUT2D eigenvalue weighted by Gasteiger charge is -2.23. The summed E-state index contributed by atoms with van der Waals surface area (Å²) in [6.07, 6.45) is 2.17. The Morgan fingerprint density at radius 1 is 1.14 bits per heavy atom. The summed E-state index contributed by atoms with van der Waals surface area (Å²) in [5.74, 6) is 0.535. The first-order chi connectivity index (χ1) is 10.4. The number of rotatable bonds is 4. The Morgan fingerprint density at radius 3 is 2.45 bits per heavy atom. The molecule has 2 rings (SSSR count). The Balaban J connectivity index is 2.17. The third-order valence-corrected chi connectivity index (χ3v) is 3.37. The first-order valence-corrected chi connectivity index (χ1v) is 7.52. The van der Waals surface area contributed by atoms with E-state index in [2.05, 4.69) is 48.5 Å². The molecule has 2 aromatic rings. The predicted octanol–water partition coefficient (Wildman–Crippen LogP) is 4.47. The molecular weight excluding hydrogens is 274 g/mol. The number of carbonyl (C=O) groups is 1. The second kappa shape index (κ2) is 6.60. The van der Waals surface area contributed by atoms with Crippen molar-refractivity contribution in [2.75, 3.05) is 10.6 Å².